The zero-order valence-corrected chi connectivity index (χ0v) is 7.52. The fourth-order valence-corrected chi connectivity index (χ4v) is 1.17. The summed E-state index contributed by atoms with van der Waals surface area (Å²) < 4.78 is 0. The van der Waals surface area contributed by atoms with E-state index in [1.54, 1.807) is 6.07 Å². The molecule has 0 unspecified atom stereocenters. The van der Waals surface area contributed by atoms with E-state index >= 15 is 0 Å². The quantitative estimate of drug-likeness (QED) is 0.605. The van der Waals surface area contributed by atoms with Gasteiger partial charge in [0.25, 0.3) is 0 Å². The first-order valence-electron chi connectivity index (χ1n) is 3.51. The second-order valence-electron chi connectivity index (χ2n) is 2.50. The van der Waals surface area contributed by atoms with Gasteiger partial charge in [-0.05, 0) is 24.1 Å². The van der Waals surface area contributed by atoms with E-state index in [9.17, 15) is 0 Å². The Morgan fingerprint density at radius 1 is 1.58 bits per heavy atom. The van der Waals surface area contributed by atoms with E-state index in [4.69, 9.17) is 16.9 Å². The van der Waals surface area contributed by atoms with E-state index < -0.39 is 0 Å². The molecule has 0 fully saturated rings. The Hall–Kier alpha value is -1.26. The van der Waals surface area contributed by atoms with Crippen LogP contribution in [0.3, 0.4) is 0 Å². The second-order valence-corrected chi connectivity index (χ2v) is 2.91. The fourth-order valence-electron chi connectivity index (χ4n) is 0.995. The average molecular weight is 178 g/mol. The van der Waals surface area contributed by atoms with Crippen LogP contribution in [-0.4, -0.2) is 0 Å². The van der Waals surface area contributed by atoms with Gasteiger partial charge in [0.05, 0.1) is 11.6 Å². The minimum Gasteiger partial charge on any atom is -0.192 e. The summed E-state index contributed by atoms with van der Waals surface area (Å²) in [5.74, 6) is 0. The van der Waals surface area contributed by atoms with Crippen LogP contribution in [-0.2, 0) is 0 Å². The lowest BCUT2D eigenvalue weighted by molar-refractivity contribution is 1.42. The van der Waals surface area contributed by atoms with Crippen molar-refractivity contribution in [1.29, 1.82) is 5.26 Å². The third-order valence-corrected chi connectivity index (χ3v) is 2.14. The zero-order chi connectivity index (χ0) is 9.14. The zero-order valence-electron chi connectivity index (χ0n) is 6.76. The van der Waals surface area contributed by atoms with Gasteiger partial charge >= 0.3 is 0 Å². The number of nitrogens with zero attached hydrogens (tertiary/aromatic N) is 1. The molecule has 0 radical (unpaired) electrons. The number of hydrogen-bond acceptors (Lipinski definition) is 1. The van der Waals surface area contributed by atoms with E-state index in [0.717, 1.165) is 11.1 Å². The molecule has 0 N–H and O–H groups in total. The Labute approximate surface area is 76.9 Å². The molecule has 1 aromatic carbocycles. The van der Waals surface area contributed by atoms with Gasteiger partial charge < -0.3 is 0 Å². The molecule has 2 heteroatoms. The predicted octanol–water partition coefficient (Wildman–Crippen LogP) is 3.19. The molecule has 60 valence electrons. The molecule has 0 saturated heterocycles. The molecule has 0 saturated carbocycles. The third-order valence-electron chi connectivity index (χ3n) is 1.73. The van der Waals surface area contributed by atoms with E-state index in [1.165, 1.54) is 0 Å². The summed E-state index contributed by atoms with van der Waals surface area (Å²) in [7, 11) is 0. The van der Waals surface area contributed by atoms with Crippen LogP contribution in [0.25, 0.3) is 5.57 Å². The highest BCUT2D eigenvalue weighted by Gasteiger charge is 2.03. The standard InChI is InChI=1S/C10H8ClN/c1-7(6-12)9-4-3-5-10(11)8(9)2/h3-5H,1H2,2H3. The molecule has 0 bridgehead atoms. The molecular formula is C10H8ClN. The molecule has 1 nitrogen and oxygen atoms in total. The summed E-state index contributed by atoms with van der Waals surface area (Å²) in [5, 5.41) is 9.28. The van der Waals surface area contributed by atoms with Crippen LogP contribution in [0.2, 0.25) is 5.02 Å². The molecule has 1 aromatic rings. The highest BCUT2D eigenvalue weighted by Crippen LogP contribution is 2.23. The highest BCUT2D eigenvalue weighted by molar-refractivity contribution is 6.31. The lowest BCUT2D eigenvalue weighted by atomic mass is 10.0. The molecule has 0 spiro atoms. The van der Waals surface area contributed by atoms with Crippen LogP contribution in [0, 0.1) is 18.3 Å². The molecule has 0 heterocycles. The van der Waals surface area contributed by atoms with Gasteiger partial charge in [-0.15, -0.1) is 0 Å². The maximum atomic E-state index is 8.61. The summed E-state index contributed by atoms with van der Waals surface area (Å²) in [6.45, 7) is 5.50. The number of nitriles is 1. The van der Waals surface area contributed by atoms with Gasteiger partial charge in [0, 0.05) is 5.02 Å². The Morgan fingerprint density at radius 3 is 2.83 bits per heavy atom. The van der Waals surface area contributed by atoms with Gasteiger partial charge in [0.2, 0.25) is 0 Å². The second kappa shape index (κ2) is 3.42. The summed E-state index contributed by atoms with van der Waals surface area (Å²) in [6, 6.07) is 7.45. The van der Waals surface area contributed by atoms with Crippen LogP contribution >= 0.6 is 11.6 Å². The molecule has 0 aromatic heterocycles. The molecule has 0 aliphatic rings. The SMILES string of the molecule is C=C(C#N)c1cccc(Cl)c1C. The van der Waals surface area contributed by atoms with Crippen molar-refractivity contribution in [3.63, 3.8) is 0 Å². The summed E-state index contributed by atoms with van der Waals surface area (Å²) >= 11 is 5.86. The van der Waals surface area contributed by atoms with Crippen molar-refractivity contribution in [2.75, 3.05) is 0 Å². The van der Waals surface area contributed by atoms with Gasteiger partial charge in [-0.2, -0.15) is 5.26 Å². The van der Waals surface area contributed by atoms with Crippen LogP contribution in [0.4, 0.5) is 0 Å². The maximum absolute atomic E-state index is 8.61. The van der Waals surface area contributed by atoms with Gasteiger partial charge in [-0.1, -0.05) is 30.3 Å². The normalized spacial score (nSPS) is 9.08. The van der Waals surface area contributed by atoms with E-state index in [1.807, 2.05) is 25.1 Å². The van der Waals surface area contributed by atoms with Gasteiger partial charge in [-0.3, -0.25) is 0 Å². The van der Waals surface area contributed by atoms with Gasteiger partial charge in [0.1, 0.15) is 0 Å². The van der Waals surface area contributed by atoms with E-state index in [-0.39, 0.29) is 0 Å². The van der Waals surface area contributed by atoms with Crippen molar-refractivity contribution in [2.45, 2.75) is 6.92 Å². The first kappa shape index (κ1) is 8.83. The summed E-state index contributed by atoms with van der Waals surface area (Å²) in [6.07, 6.45) is 0. The van der Waals surface area contributed by atoms with Crippen molar-refractivity contribution in [1.82, 2.24) is 0 Å². The molecule has 0 amide bonds. The lowest BCUT2D eigenvalue weighted by Crippen LogP contribution is -1.85. The third kappa shape index (κ3) is 1.49. The Kier molecular flexibility index (Phi) is 2.52. The highest BCUT2D eigenvalue weighted by atomic mass is 35.5. The van der Waals surface area contributed by atoms with Crippen molar-refractivity contribution in [3.05, 3.63) is 40.9 Å². The number of benzene rings is 1. The van der Waals surface area contributed by atoms with E-state index in [0.29, 0.717) is 10.6 Å². The Balaban J connectivity index is 3.28. The predicted molar refractivity (Wildman–Crippen MR) is 50.8 cm³/mol. The van der Waals surface area contributed by atoms with Crippen LogP contribution in [0.15, 0.2) is 24.8 Å². The van der Waals surface area contributed by atoms with Crippen LogP contribution in [0.5, 0.6) is 0 Å². The molecule has 0 aliphatic heterocycles. The van der Waals surface area contributed by atoms with Crippen molar-refractivity contribution >= 4 is 17.2 Å². The van der Waals surface area contributed by atoms with Gasteiger partial charge in [-0.25, -0.2) is 0 Å². The van der Waals surface area contributed by atoms with Crippen LogP contribution < -0.4 is 0 Å². The number of hydrogen-bond donors (Lipinski definition) is 0. The Bertz CT molecular complexity index is 361. The minimum absolute atomic E-state index is 0.454. The van der Waals surface area contributed by atoms with E-state index in [2.05, 4.69) is 6.58 Å². The first-order chi connectivity index (χ1) is 5.66. The number of allylic oxidation sites excluding steroid dienone is 1. The van der Waals surface area contributed by atoms with Crippen molar-refractivity contribution < 1.29 is 0 Å². The monoisotopic (exact) mass is 177 g/mol. The molecule has 0 aliphatic carbocycles. The fraction of sp³-hybridized carbons (Fsp3) is 0.100. The Morgan fingerprint density at radius 2 is 2.25 bits per heavy atom. The molecule has 0 atom stereocenters. The number of halogens is 1. The first-order valence-corrected chi connectivity index (χ1v) is 3.89. The maximum Gasteiger partial charge on any atom is 0.0991 e. The van der Waals surface area contributed by atoms with Gasteiger partial charge in [0.15, 0.2) is 0 Å². The summed E-state index contributed by atoms with van der Waals surface area (Å²) in [5.41, 5.74) is 2.19. The topological polar surface area (TPSA) is 23.8 Å². The average Bonchev–Trinajstić information content (AvgIpc) is 2.08. The van der Waals surface area contributed by atoms with Crippen molar-refractivity contribution in [2.24, 2.45) is 0 Å². The summed E-state index contributed by atoms with van der Waals surface area (Å²) in [4.78, 5) is 0. The largest absolute Gasteiger partial charge is 0.192 e. The molecular weight excluding hydrogens is 170 g/mol. The molecule has 12 heavy (non-hydrogen) atoms. The van der Waals surface area contributed by atoms with Crippen molar-refractivity contribution in [3.8, 4) is 6.07 Å². The smallest absolute Gasteiger partial charge is 0.0991 e. The minimum atomic E-state index is 0.454. The molecule has 1 rings (SSSR count). The lowest BCUT2D eigenvalue weighted by Gasteiger charge is -2.03. The van der Waals surface area contributed by atoms with Crippen LogP contribution in [0.1, 0.15) is 11.1 Å². The number of rotatable bonds is 1.